The van der Waals surface area contributed by atoms with Gasteiger partial charge in [-0.1, -0.05) is 12.1 Å². The van der Waals surface area contributed by atoms with Crippen LogP contribution in [0.25, 0.3) is 21.5 Å². The van der Waals surface area contributed by atoms with E-state index in [1.54, 1.807) is 30.5 Å². The van der Waals surface area contributed by atoms with E-state index in [0.29, 0.717) is 51.9 Å². The second kappa shape index (κ2) is 6.03. The number of amidine groups is 1. The van der Waals surface area contributed by atoms with Gasteiger partial charge >= 0.3 is 0 Å². The zero-order valence-electron chi connectivity index (χ0n) is 15.5. The van der Waals surface area contributed by atoms with Crippen molar-refractivity contribution in [1.29, 1.82) is 0 Å². The quantitative estimate of drug-likeness (QED) is 0.595. The van der Waals surface area contributed by atoms with Gasteiger partial charge in [-0.15, -0.1) is 0 Å². The molecule has 140 valence electrons. The van der Waals surface area contributed by atoms with Gasteiger partial charge in [-0.2, -0.15) is 0 Å². The second-order valence-corrected chi connectivity index (χ2v) is 7.13. The zero-order valence-corrected chi connectivity index (χ0v) is 15.5. The first-order chi connectivity index (χ1) is 13.5. The highest BCUT2D eigenvalue weighted by molar-refractivity contribution is 6.14. The summed E-state index contributed by atoms with van der Waals surface area (Å²) in [4.78, 5) is 24.2. The van der Waals surface area contributed by atoms with Gasteiger partial charge in [0, 0.05) is 34.6 Å². The number of aromatic hydroxyl groups is 1. The van der Waals surface area contributed by atoms with Crippen molar-refractivity contribution in [3.8, 4) is 5.88 Å². The van der Waals surface area contributed by atoms with Crippen molar-refractivity contribution in [2.45, 2.75) is 6.54 Å². The molecule has 0 unspecified atom stereocenters. The highest BCUT2D eigenvalue weighted by Gasteiger charge is 2.21. The molecule has 0 saturated heterocycles. The topological polar surface area (TPSA) is 83.3 Å². The maximum atomic E-state index is 13.0. The first-order valence-corrected chi connectivity index (χ1v) is 9.01. The van der Waals surface area contributed by atoms with Crippen LogP contribution < -0.4 is 10.9 Å². The summed E-state index contributed by atoms with van der Waals surface area (Å²) in [5.74, 6) is 1.02. The third-order valence-electron chi connectivity index (χ3n) is 5.04. The lowest BCUT2D eigenvalue weighted by atomic mass is 10.0. The van der Waals surface area contributed by atoms with Crippen LogP contribution in [0.5, 0.6) is 5.88 Å². The van der Waals surface area contributed by atoms with Gasteiger partial charge in [0.25, 0.3) is 5.56 Å². The number of hydrogen-bond donors (Lipinski definition) is 1. The summed E-state index contributed by atoms with van der Waals surface area (Å²) in [6.07, 6.45) is 1.58. The number of aromatic nitrogens is 1. The number of hydrogen-bond acceptors (Lipinski definition) is 6. The number of fused-ring (bicyclic) bond motifs is 2. The molecule has 0 saturated carbocycles. The number of furan rings is 1. The lowest BCUT2D eigenvalue weighted by molar-refractivity contribution is 0.353. The molecular weight excluding hydrogens is 356 g/mol. The average molecular weight is 374 g/mol. The van der Waals surface area contributed by atoms with E-state index in [1.165, 1.54) is 4.57 Å². The fourth-order valence-electron chi connectivity index (χ4n) is 3.67. The Kier molecular flexibility index (Phi) is 3.60. The smallest absolute Gasteiger partial charge is 0.261 e. The first-order valence-electron chi connectivity index (χ1n) is 9.01. The number of aliphatic imine (C=N–C) groups is 1. The fraction of sp³-hybridized carbons (Fsp3) is 0.190. The molecule has 0 bridgehead atoms. The summed E-state index contributed by atoms with van der Waals surface area (Å²) in [7, 11) is 3.86. The van der Waals surface area contributed by atoms with Crippen molar-refractivity contribution in [2.75, 3.05) is 20.6 Å². The van der Waals surface area contributed by atoms with E-state index in [1.807, 2.05) is 31.1 Å². The molecule has 1 aliphatic rings. The first kappa shape index (κ1) is 16.7. The predicted molar refractivity (Wildman–Crippen MR) is 108 cm³/mol. The summed E-state index contributed by atoms with van der Waals surface area (Å²) < 4.78 is 6.84. The molecule has 0 radical (unpaired) electrons. The van der Waals surface area contributed by atoms with Crippen LogP contribution >= 0.6 is 0 Å². The molecule has 4 aromatic rings. The normalized spacial score (nSPS) is 13.3. The van der Waals surface area contributed by atoms with Crippen LogP contribution in [0.4, 0.5) is 5.69 Å². The molecule has 7 nitrogen and oxygen atoms in total. The minimum absolute atomic E-state index is 0.0417. The Morgan fingerprint density at radius 3 is 2.68 bits per heavy atom. The number of pyridine rings is 1. The lowest BCUT2D eigenvalue weighted by Gasteiger charge is -2.16. The highest BCUT2D eigenvalue weighted by atomic mass is 16.3. The van der Waals surface area contributed by atoms with E-state index < -0.39 is 0 Å². The third kappa shape index (κ3) is 2.36. The molecule has 2 aromatic heterocycles. The van der Waals surface area contributed by atoms with Gasteiger partial charge in [0.15, 0.2) is 11.6 Å². The Balaban J connectivity index is 1.83. The molecule has 3 heterocycles. The lowest BCUT2D eigenvalue weighted by Crippen LogP contribution is -2.27. The largest absolute Gasteiger partial charge is 0.494 e. The third-order valence-corrected chi connectivity index (χ3v) is 5.04. The molecule has 28 heavy (non-hydrogen) atoms. The predicted octanol–water partition coefficient (Wildman–Crippen LogP) is 2.45. The zero-order chi connectivity index (χ0) is 19.4. The van der Waals surface area contributed by atoms with Crippen molar-refractivity contribution in [3.63, 3.8) is 0 Å². The monoisotopic (exact) mass is 374 g/mol. The van der Waals surface area contributed by atoms with Crippen LogP contribution in [0.2, 0.25) is 0 Å². The van der Waals surface area contributed by atoms with Gasteiger partial charge < -0.3 is 14.4 Å². The molecular formula is C21H18N4O3. The molecule has 1 aliphatic heterocycles. The van der Waals surface area contributed by atoms with Crippen LogP contribution in [-0.4, -0.2) is 41.0 Å². The average Bonchev–Trinajstić information content (AvgIpc) is 3.34. The van der Waals surface area contributed by atoms with Gasteiger partial charge in [0.1, 0.15) is 0 Å². The minimum Gasteiger partial charge on any atom is -0.494 e. The Bertz CT molecular complexity index is 1360. The van der Waals surface area contributed by atoms with Gasteiger partial charge in [-0.3, -0.25) is 9.36 Å². The van der Waals surface area contributed by atoms with E-state index in [0.717, 1.165) is 5.39 Å². The number of likely N-dealkylation sites (N-methyl/N-ethyl adjacent to an activating group) is 1. The number of nitrogens with zero attached hydrogens (tertiary/aromatic N) is 4. The van der Waals surface area contributed by atoms with Crippen LogP contribution in [0, 0.1) is 0 Å². The summed E-state index contributed by atoms with van der Waals surface area (Å²) >= 11 is 0. The van der Waals surface area contributed by atoms with Crippen molar-refractivity contribution in [3.05, 3.63) is 64.1 Å². The molecule has 0 atom stereocenters. The van der Waals surface area contributed by atoms with Crippen LogP contribution in [0.15, 0.2) is 61.9 Å². The van der Waals surface area contributed by atoms with E-state index in [4.69, 9.17) is 4.42 Å². The van der Waals surface area contributed by atoms with E-state index >= 15 is 0 Å². The van der Waals surface area contributed by atoms with Crippen molar-refractivity contribution < 1.29 is 9.52 Å². The maximum absolute atomic E-state index is 13.0. The van der Waals surface area contributed by atoms with Crippen LogP contribution in [0.1, 0.15) is 5.76 Å². The Labute approximate surface area is 159 Å². The Morgan fingerprint density at radius 2 is 1.93 bits per heavy atom. The Morgan fingerprint density at radius 1 is 1.11 bits per heavy atom. The van der Waals surface area contributed by atoms with Crippen molar-refractivity contribution >= 4 is 33.1 Å². The van der Waals surface area contributed by atoms with E-state index in [9.17, 15) is 9.90 Å². The summed E-state index contributed by atoms with van der Waals surface area (Å²) in [6, 6.07) is 10.9. The van der Waals surface area contributed by atoms with Crippen molar-refractivity contribution in [1.82, 2.24) is 9.47 Å². The highest BCUT2D eigenvalue weighted by Crippen LogP contribution is 2.33. The van der Waals surface area contributed by atoms with Crippen molar-refractivity contribution in [2.24, 2.45) is 9.98 Å². The second-order valence-electron chi connectivity index (χ2n) is 7.13. The van der Waals surface area contributed by atoms with Gasteiger partial charge in [-0.25, -0.2) is 9.98 Å². The number of benzene rings is 2. The van der Waals surface area contributed by atoms with Crippen LogP contribution in [0.3, 0.4) is 0 Å². The van der Waals surface area contributed by atoms with Gasteiger partial charge in [-0.05, 0) is 38.4 Å². The summed E-state index contributed by atoms with van der Waals surface area (Å²) in [6.45, 7) is 1.04. The number of rotatable bonds is 4. The molecule has 2 aromatic carbocycles. The molecule has 7 heteroatoms. The maximum Gasteiger partial charge on any atom is 0.261 e. The van der Waals surface area contributed by atoms with Gasteiger partial charge in [0.2, 0.25) is 5.88 Å². The summed E-state index contributed by atoms with van der Waals surface area (Å²) in [5, 5.41) is 14.3. The summed E-state index contributed by atoms with van der Waals surface area (Å²) in [5.41, 5.74) is 0.446. The molecule has 0 amide bonds. The molecule has 0 spiro atoms. The molecule has 0 fully saturated rings. The SMILES string of the molecule is CN(C)CCn1c(O)c2cc3c(c4cccc(c1=O)c24)=NC(c1ccco1)=N3. The van der Waals surface area contributed by atoms with Gasteiger partial charge in [0.05, 0.1) is 17.3 Å². The molecule has 5 rings (SSSR count). The minimum atomic E-state index is -0.206. The standard InChI is InChI=1S/C21H18N4O3/c1-24(2)8-9-25-20(26)13-6-3-5-12-17(13)14(21(25)27)11-15-18(12)23-19(22-15)16-7-4-10-28-16/h3-7,10-11,27H,8-9H2,1-2H3. The van der Waals surface area contributed by atoms with E-state index in [-0.39, 0.29) is 11.4 Å². The molecule has 1 N–H and O–H groups in total. The fourth-order valence-corrected chi connectivity index (χ4v) is 3.67. The molecule has 0 aliphatic carbocycles. The van der Waals surface area contributed by atoms with Crippen LogP contribution in [-0.2, 0) is 6.54 Å². The Hall–Kier alpha value is -3.45. The van der Waals surface area contributed by atoms with E-state index in [2.05, 4.69) is 9.98 Å².